The van der Waals surface area contributed by atoms with Crippen LogP contribution in [0.2, 0.25) is 0 Å². The van der Waals surface area contributed by atoms with E-state index >= 15 is 0 Å². The Morgan fingerprint density at radius 1 is 1.17 bits per heavy atom. The van der Waals surface area contributed by atoms with Gasteiger partial charge in [0.25, 0.3) is 0 Å². The maximum Gasteiger partial charge on any atom is 0.425 e. The minimum atomic E-state index is -5.06. The number of alkyl halides is 3. The number of amides is 1. The van der Waals surface area contributed by atoms with Crippen molar-refractivity contribution in [3.63, 3.8) is 0 Å². The zero-order valence-electron chi connectivity index (χ0n) is 12.4. The average molecular weight is 337 g/mol. The third-order valence-corrected chi connectivity index (χ3v) is 3.19. The molecule has 1 heterocycles. The zero-order chi connectivity index (χ0) is 17.6. The predicted molar refractivity (Wildman–Crippen MR) is 79.6 cm³/mol. The highest BCUT2D eigenvalue weighted by molar-refractivity contribution is 5.77. The number of carbonyl (C=O) groups excluding carboxylic acids is 1. The smallest absolute Gasteiger partial charge is 0.425 e. The Morgan fingerprint density at radius 2 is 1.88 bits per heavy atom. The molecule has 1 aromatic heterocycles. The van der Waals surface area contributed by atoms with E-state index in [1.807, 2.05) is 6.07 Å². The fourth-order valence-corrected chi connectivity index (χ4v) is 1.95. The first-order valence-corrected chi connectivity index (χ1v) is 6.96. The van der Waals surface area contributed by atoms with Gasteiger partial charge >= 0.3 is 6.18 Å². The van der Waals surface area contributed by atoms with Crippen molar-refractivity contribution in [3.8, 4) is 11.8 Å². The van der Waals surface area contributed by atoms with E-state index in [-0.39, 0.29) is 6.54 Å². The van der Waals surface area contributed by atoms with Crippen LogP contribution in [0.25, 0.3) is 0 Å². The van der Waals surface area contributed by atoms with E-state index in [0.717, 1.165) is 12.3 Å². The lowest BCUT2D eigenvalue weighted by Gasteiger charge is -2.27. The minimum absolute atomic E-state index is 0.139. The molecule has 0 saturated carbocycles. The van der Waals surface area contributed by atoms with E-state index in [1.54, 1.807) is 24.3 Å². The number of hydrogen-bond acceptors (Lipinski definition) is 3. The molecule has 1 aromatic carbocycles. The van der Waals surface area contributed by atoms with Gasteiger partial charge in [-0.15, -0.1) is 0 Å². The van der Waals surface area contributed by atoms with Gasteiger partial charge in [0.2, 0.25) is 11.5 Å². The molecule has 126 valence electrons. The molecule has 0 aliphatic heterocycles. The highest BCUT2D eigenvalue weighted by atomic mass is 19.4. The van der Waals surface area contributed by atoms with E-state index in [4.69, 9.17) is 0 Å². The summed E-state index contributed by atoms with van der Waals surface area (Å²) >= 11 is 0. The van der Waals surface area contributed by atoms with Gasteiger partial charge in [-0.1, -0.05) is 30.0 Å². The summed E-state index contributed by atoms with van der Waals surface area (Å²) in [4.78, 5) is 11.7. The summed E-state index contributed by atoms with van der Waals surface area (Å²) < 4.78 is 44.0. The molecule has 1 atom stereocenters. The molecule has 0 saturated heterocycles. The summed E-state index contributed by atoms with van der Waals surface area (Å²) in [5.74, 6) is 3.65. The molecule has 0 aliphatic rings. The Bertz CT molecular complexity index is 730. The van der Waals surface area contributed by atoms with E-state index in [2.05, 4.69) is 21.6 Å². The Labute approximate surface area is 136 Å². The molecule has 0 aliphatic carbocycles. The highest BCUT2D eigenvalue weighted by Crippen LogP contribution is 2.41. The Morgan fingerprint density at radius 3 is 2.46 bits per heavy atom. The van der Waals surface area contributed by atoms with Crippen molar-refractivity contribution >= 4 is 5.91 Å². The molecule has 2 N–H and O–H groups in total. The lowest BCUT2D eigenvalue weighted by Crippen LogP contribution is -2.46. The minimum Gasteiger partial charge on any atom is -0.466 e. The standard InChI is InChI=1S/C17H14F3NO3/c18-17(19,20)16(23,14-9-5-11-24-14)12-15(22)21-10-4-8-13-6-2-1-3-7-13/h1-3,5-7,9,11,23H,10,12H2,(H,21,22)/t16-/m1/s1. The number of benzene rings is 1. The van der Waals surface area contributed by atoms with Gasteiger partial charge in [-0.05, 0) is 24.3 Å². The van der Waals surface area contributed by atoms with Crippen LogP contribution in [0, 0.1) is 11.8 Å². The normalized spacial score (nSPS) is 13.5. The van der Waals surface area contributed by atoms with Gasteiger partial charge in [0.05, 0.1) is 19.2 Å². The van der Waals surface area contributed by atoms with Crippen molar-refractivity contribution in [2.45, 2.75) is 18.2 Å². The molecule has 0 bridgehead atoms. The lowest BCUT2D eigenvalue weighted by molar-refractivity contribution is -0.273. The lowest BCUT2D eigenvalue weighted by atomic mass is 9.95. The maximum absolute atomic E-state index is 13.1. The average Bonchev–Trinajstić information content (AvgIpc) is 3.06. The van der Waals surface area contributed by atoms with Crippen LogP contribution in [0.15, 0.2) is 53.1 Å². The van der Waals surface area contributed by atoms with Crippen LogP contribution in [-0.2, 0) is 10.4 Å². The SMILES string of the molecule is O=C(C[C@@](O)(c1ccco1)C(F)(F)F)NCC#Cc1ccccc1. The van der Waals surface area contributed by atoms with Gasteiger partial charge in [0, 0.05) is 5.56 Å². The summed E-state index contributed by atoms with van der Waals surface area (Å²) in [6.45, 7) is -0.139. The maximum atomic E-state index is 13.1. The largest absolute Gasteiger partial charge is 0.466 e. The van der Waals surface area contributed by atoms with E-state index in [1.165, 1.54) is 6.07 Å². The summed E-state index contributed by atoms with van der Waals surface area (Å²) in [6, 6.07) is 11.1. The van der Waals surface area contributed by atoms with Crippen LogP contribution >= 0.6 is 0 Å². The number of nitrogens with one attached hydrogen (secondary N) is 1. The molecule has 2 aromatic rings. The number of furan rings is 1. The van der Waals surface area contributed by atoms with E-state index in [0.29, 0.717) is 5.56 Å². The van der Waals surface area contributed by atoms with Gasteiger partial charge in [0.15, 0.2) is 0 Å². The van der Waals surface area contributed by atoms with Crippen molar-refractivity contribution in [2.24, 2.45) is 0 Å². The predicted octanol–water partition coefficient (Wildman–Crippen LogP) is 2.59. The fraction of sp³-hybridized carbons (Fsp3) is 0.235. The van der Waals surface area contributed by atoms with Gasteiger partial charge in [-0.25, -0.2) is 0 Å². The van der Waals surface area contributed by atoms with E-state index in [9.17, 15) is 23.1 Å². The van der Waals surface area contributed by atoms with Crippen LogP contribution in [0.4, 0.5) is 13.2 Å². The summed E-state index contributed by atoms with van der Waals surface area (Å²) in [5, 5.41) is 12.1. The molecule has 0 unspecified atom stereocenters. The van der Waals surface area contributed by atoms with Crippen LogP contribution in [0.3, 0.4) is 0 Å². The molecule has 24 heavy (non-hydrogen) atoms. The molecule has 4 nitrogen and oxygen atoms in total. The zero-order valence-corrected chi connectivity index (χ0v) is 12.4. The highest BCUT2D eigenvalue weighted by Gasteiger charge is 2.58. The Balaban J connectivity index is 1.98. The molecule has 0 spiro atoms. The van der Waals surface area contributed by atoms with Crippen LogP contribution in [-0.4, -0.2) is 23.7 Å². The van der Waals surface area contributed by atoms with Gasteiger partial charge < -0.3 is 14.8 Å². The second-order valence-electron chi connectivity index (χ2n) is 4.96. The van der Waals surface area contributed by atoms with Crippen LogP contribution in [0.5, 0.6) is 0 Å². The molecule has 2 rings (SSSR count). The summed E-state index contributed by atoms with van der Waals surface area (Å²) in [5.41, 5.74) is -2.66. The number of halogens is 3. The fourth-order valence-electron chi connectivity index (χ4n) is 1.95. The second kappa shape index (κ2) is 7.23. The third-order valence-electron chi connectivity index (χ3n) is 3.19. The van der Waals surface area contributed by atoms with Crippen molar-refractivity contribution < 1.29 is 27.5 Å². The van der Waals surface area contributed by atoms with Gasteiger partial charge in [0.1, 0.15) is 5.76 Å². The second-order valence-corrected chi connectivity index (χ2v) is 4.96. The topological polar surface area (TPSA) is 62.5 Å². The molecule has 0 fully saturated rings. The van der Waals surface area contributed by atoms with Gasteiger partial charge in [-0.2, -0.15) is 13.2 Å². The Kier molecular flexibility index (Phi) is 5.31. The summed E-state index contributed by atoms with van der Waals surface area (Å²) in [7, 11) is 0. The summed E-state index contributed by atoms with van der Waals surface area (Å²) in [6.07, 6.45) is -5.27. The third kappa shape index (κ3) is 4.18. The van der Waals surface area contributed by atoms with Crippen LogP contribution in [0.1, 0.15) is 17.7 Å². The number of aliphatic hydroxyl groups is 1. The van der Waals surface area contributed by atoms with Crippen LogP contribution < -0.4 is 5.32 Å². The number of hydrogen-bond donors (Lipinski definition) is 2. The quantitative estimate of drug-likeness (QED) is 0.843. The van der Waals surface area contributed by atoms with Crippen molar-refractivity contribution in [3.05, 3.63) is 60.1 Å². The van der Waals surface area contributed by atoms with E-state index < -0.39 is 29.9 Å². The van der Waals surface area contributed by atoms with Crippen molar-refractivity contribution in [1.29, 1.82) is 0 Å². The van der Waals surface area contributed by atoms with Gasteiger partial charge in [-0.3, -0.25) is 4.79 Å². The molecule has 0 radical (unpaired) electrons. The molecule has 7 heteroatoms. The number of carbonyl (C=O) groups is 1. The van der Waals surface area contributed by atoms with Crippen molar-refractivity contribution in [2.75, 3.05) is 6.54 Å². The van der Waals surface area contributed by atoms with Crippen molar-refractivity contribution in [1.82, 2.24) is 5.32 Å². The number of rotatable bonds is 4. The first kappa shape index (κ1) is 17.6. The first-order chi connectivity index (χ1) is 11.3. The molecular formula is C17H14F3NO3. The Hall–Kier alpha value is -2.72. The molecular weight excluding hydrogens is 323 g/mol. The molecule has 1 amide bonds. The monoisotopic (exact) mass is 337 g/mol. The first-order valence-electron chi connectivity index (χ1n) is 6.96.